The van der Waals surface area contributed by atoms with Crippen molar-refractivity contribution >= 4 is 29.9 Å². The fourth-order valence-corrected chi connectivity index (χ4v) is 4.72. The van der Waals surface area contributed by atoms with E-state index in [0.29, 0.717) is 6.54 Å². The molecule has 1 saturated carbocycles. The highest BCUT2D eigenvalue weighted by atomic mass is 127. The summed E-state index contributed by atoms with van der Waals surface area (Å²) in [4.78, 5) is 4.44. The number of aliphatic imine (C=N–C) groups is 1. The number of aromatic nitrogens is 3. The van der Waals surface area contributed by atoms with Gasteiger partial charge in [0.15, 0.2) is 11.8 Å². The van der Waals surface area contributed by atoms with E-state index in [1.807, 2.05) is 7.05 Å². The van der Waals surface area contributed by atoms with Gasteiger partial charge in [0.1, 0.15) is 5.82 Å². The van der Waals surface area contributed by atoms with Crippen LogP contribution in [0, 0.1) is 0 Å². The van der Waals surface area contributed by atoms with Crippen LogP contribution in [0.25, 0.3) is 0 Å². The van der Waals surface area contributed by atoms with Crippen molar-refractivity contribution < 1.29 is 0 Å². The van der Waals surface area contributed by atoms with Crippen molar-refractivity contribution in [3.05, 3.63) is 47.5 Å². The van der Waals surface area contributed by atoms with Crippen molar-refractivity contribution in [2.24, 2.45) is 4.99 Å². The maximum absolute atomic E-state index is 4.44. The minimum absolute atomic E-state index is 0. The van der Waals surface area contributed by atoms with Gasteiger partial charge in [0.05, 0.1) is 6.54 Å². The van der Waals surface area contributed by atoms with Gasteiger partial charge in [-0.2, -0.15) is 0 Å². The molecule has 2 heterocycles. The lowest BCUT2D eigenvalue weighted by Crippen LogP contribution is -2.44. The molecule has 0 atom stereocenters. The number of fused-ring (bicyclic) bond motifs is 1. The molecular weight excluding hydrogens is 475 g/mol. The lowest BCUT2D eigenvalue weighted by Gasteiger charge is -2.30. The van der Waals surface area contributed by atoms with Crippen molar-refractivity contribution in [1.29, 1.82) is 0 Å². The van der Waals surface area contributed by atoms with Crippen molar-refractivity contribution in [3.63, 3.8) is 0 Å². The molecule has 1 aliphatic heterocycles. The van der Waals surface area contributed by atoms with Crippen molar-refractivity contribution in [2.75, 3.05) is 13.6 Å². The van der Waals surface area contributed by atoms with Crippen molar-refractivity contribution in [2.45, 2.75) is 69.9 Å². The predicted octanol–water partition coefficient (Wildman–Crippen LogP) is 3.80. The number of halogens is 1. The van der Waals surface area contributed by atoms with Crippen LogP contribution < -0.4 is 10.6 Å². The summed E-state index contributed by atoms with van der Waals surface area (Å²) in [6, 6.07) is 10.9. The number of benzene rings is 1. The third-order valence-corrected chi connectivity index (χ3v) is 6.36. The number of guanidine groups is 1. The van der Waals surface area contributed by atoms with E-state index in [-0.39, 0.29) is 29.4 Å². The first kappa shape index (κ1) is 22.1. The fourth-order valence-electron chi connectivity index (χ4n) is 4.72. The summed E-state index contributed by atoms with van der Waals surface area (Å²) in [5.74, 6) is 2.98. The Labute approximate surface area is 191 Å². The smallest absolute Gasteiger partial charge is 0.191 e. The highest BCUT2D eigenvalue weighted by Crippen LogP contribution is 2.40. The molecule has 4 rings (SSSR count). The molecule has 7 heteroatoms. The second kappa shape index (κ2) is 10.4. The topological polar surface area (TPSA) is 67.1 Å². The van der Waals surface area contributed by atoms with Gasteiger partial charge < -0.3 is 15.2 Å². The molecule has 2 aliphatic rings. The number of rotatable bonds is 5. The Morgan fingerprint density at radius 1 is 1.03 bits per heavy atom. The lowest BCUT2D eigenvalue weighted by atomic mass is 9.79. The van der Waals surface area contributed by atoms with E-state index in [4.69, 9.17) is 0 Å². The second-order valence-corrected chi connectivity index (χ2v) is 8.13. The first-order valence-corrected chi connectivity index (χ1v) is 10.7. The minimum atomic E-state index is 0. The standard InChI is InChI=1S/C22H32N6.HI/c1-23-21(24-16-20-27-26-19-12-6-3-9-15-28(19)20)25-17-22(13-7-8-14-22)18-10-4-2-5-11-18;/h2,4-5,10-11H,3,6-9,12-17H2,1H3,(H2,23,24,25);1H. The Bertz CT molecular complexity index is 795. The zero-order chi connectivity index (χ0) is 19.2. The van der Waals surface area contributed by atoms with Gasteiger partial charge >= 0.3 is 0 Å². The normalized spacial score (nSPS) is 18.4. The minimum Gasteiger partial charge on any atom is -0.356 e. The molecule has 2 aromatic rings. The maximum atomic E-state index is 4.44. The lowest BCUT2D eigenvalue weighted by molar-refractivity contribution is 0.431. The molecule has 29 heavy (non-hydrogen) atoms. The molecule has 0 saturated heterocycles. The Morgan fingerprint density at radius 2 is 1.83 bits per heavy atom. The van der Waals surface area contributed by atoms with Gasteiger partial charge in [0.25, 0.3) is 0 Å². The van der Waals surface area contributed by atoms with Crippen LogP contribution in [0.1, 0.15) is 62.2 Å². The Balaban J connectivity index is 0.00000240. The molecule has 1 aromatic heterocycles. The number of nitrogens with zero attached hydrogens (tertiary/aromatic N) is 4. The summed E-state index contributed by atoms with van der Waals surface area (Å²) < 4.78 is 2.29. The Morgan fingerprint density at radius 3 is 2.59 bits per heavy atom. The summed E-state index contributed by atoms with van der Waals surface area (Å²) >= 11 is 0. The molecule has 0 spiro atoms. The van der Waals surface area contributed by atoms with Gasteiger partial charge in [-0.1, -0.05) is 49.6 Å². The average molecular weight is 508 g/mol. The molecule has 0 amide bonds. The molecule has 6 nitrogen and oxygen atoms in total. The summed E-state index contributed by atoms with van der Waals surface area (Å²) in [6.07, 6.45) is 9.82. The molecular formula is C22H33IN6. The Hall–Kier alpha value is -1.64. The molecule has 0 unspecified atom stereocenters. The maximum Gasteiger partial charge on any atom is 0.191 e. The van der Waals surface area contributed by atoms with Gasteiger partial charge in [-0.05, 0) is 31.2 Å². The highest BCUT2D eigenvalue weighted by molar-refractivity contribution is 14.0. The molecule has 158 valence electrons. The zero-order valence-corrected chi connectivity index (χ0v) is 19.7. The molecule has 1 fully saturated rings. The SMILES string of the molecule is CN=C(NCc1nnc2n1CCCCC2)NCC1(c2ccccc2)CCCC1.I. The van der Waals surface area contributed by atoms with E-state index >= 15 is 0 Å². The van der Waals surface area contributed by atoms with Gasteiger partial charge in [-0.3, -0.25) is 4.99 Å². The largest absolute Gasteiger partial charge is 0.356 e. The van der Waals surface area contributed by atoms with Gasteiger partial charge in [0.2, 0.25) is 0 Å². The van der Waals surface area contributed by atoms with Crippen molar-refractivity contribution in [1.82, 2.24) is 25.4 Å². The van der Waals surface area contributed by atoms with Crippen LogP contribution in [-0.2, 0) is 24.9 Å². The number of aryl methyl sites for hydroxylation is 1. The van der Waals surface area contributed by atoms with Crippen LogP contribution >= 0.6 is 24.0 Å². The molecule has 1 aliphatic carbocycles. The monoisotopic (exact) mass is 508 g/mol. The van der Waals surface area contributed by atoms with E-state index in [1.54, 1.807) is 0 Å². The summed E-state index contributed by atoms with van der Waals surface area (Å²) in [6.45, 7) is 2.60. The highest BCUT2D eigenvalue weighted by Gasteiger charge is 2.35. The number of hydrogen-bond donors (Lipinski definition) is 2. The quantitative estimate of drug-likeness (QED) is 0.367. The summed E-state index contributed by atoms with van der Waals surface area (Å²) in [5, 5.41) is 15.8. The number of hydrogen-bond acceptors (Lipinski definition) is 3. The third-order valence-electron chi connectivity index (χ3n) is 6.36. The zero-order valence-electron chi connectivity index (χ0n) is 17.4. The first-order chi connectivity index (χ1) is 13.8. The predicted molar refractivity (Wildman–Crippen MR) is 128 cm³/mol. The molecule has 0 bridgehead atoms. The molecule has 1 aromatic carbocycles. The van der Waals surface area contributed by atoms with Crippen LogP contribution in [0.4, 0.5) is 0 Å². The first-order valence-electron chi connectivity index (χ1n) is 10.7. The van der Waals surface area contributed by atoms with Gasteiger partial charge in [-0.25, -0.2) is 0 Å². The van der Waals surface area contributed by atoms with E-state index in [0.717, 1.165) is 37.1 Å². The van der Waals surface area contributed by atoms with Crippen molar-refractivity contribution in [3.8, 4) is 0 Å². The van der Waals surface area contributed by atoms with Crippen LogP contribution in [0.5, 0.6) is 0 Å². The van der Waals surface area contributed by atoms with E-state index in [1.165, 1.54) is 50.5 Å². The van der Waals surface area contributed by atoms with E-state index in [9.17, 15) is 0 Å². The van der Waals surface area contributed by atoms with E-state index in [2.05, 4.69) is 60.7 Å². The third kappa shape index (κ3) is 5.10. The summed E-state index contributed by atoms with van der Waals surface area (Å²) in [5.41, 5.74) is 1.66. The van der Waals surface area contributed by atoms with Crippen LogP contribution in [0.3, 0.4) is 0 Å². The second-order valence-electron chi connectivity index (χ2n) is 8.13. The van der Waals surface area contributed by atoms with E-state index < -0.39 is 0 Å². The van der Waals surface area contributed by atoms with Crippen LogP contribution in [0.2, 0.25) is 0 Å². The fraction of sp³-hybridized carbons (Fsp3) is 0.591. The van der Waals surface area contributed by atoms with Gasteiger partial charge in [0, 0.05) is 32.0 Å². The van der Waals surface area contributed by atoms with Gasteiger partial charge in [-0.15, -0.1) is 34.2 Å². The average Bonchev–Trinajstić information content (AvgIpc) is 3.30. The molecule has 0 radical (unpaired) electrons. The molecule has 2 N–H and O–H groups in total. The Kier molecular flexibility index (Phi) is 7.91. The summed E-state index contributed by atoms with van der Waals surface area (Å²) in [7, 11) is 1.84. The van der Waals surface area contributed by atoms with Crippen LogP contribution in [-0.4, -0.2) is 34.3 Å². The number of nitrogens with one attached hydrogen (secondary N) is 2. The van der Waals surface area contributed by atoms with Crippen LogP contribution in [0.15, 0.2) is 35.3 Å².